The molecule has 0 spiro atoms. The molecule has 1 aromatic rings. The molecule has 6 nitrogen and oxygen atoms in total. The standard InChI is InChI=1S/C16H23N3O3/c1-17-16(18-6-7-20-10-12-2-3-12)19-9-13-4-5-14-15(8-13)22-11-21-14/h4-5,8,12H,2-3,6-7,9-11H2,1H3,(H2,17,18,19). The van der Waals surface area contributed by atoms with Gasteiger partial charge in [0, 0.05) is 26.7 Å². The summed E-state index contributed by atoms with van der Waals surface area (Å²) in [4.78, 5) is 4.20. The number of aliphatic imine (C=N–C) groups is 1. The van der Waals surface area contributed by atoms with Gasteiger partial charge < -0.3 is 24.8 Å². The molecule has 2 N–H and O–H groups in total. The van der Waals surface area contributed by atoms with E-state index in [1.54, 1.807) is 7.05 Å². The monoisotopic (exact) mass is 305 g/mol. The van der Waals surface area contributed by atoms with E-state index in [4.69, 9.17) is 14.2 Å². The van der Waals surface area contributed by atoms with Crippen LogP contribution in [0.1, 0.15) is 18.4 Å². The molecule has 120 valence electrons. The van der Waals surface area contributed by atoms with Gasteiger partial charge in [0.15, 0.2) is 17.5 Å². The zero-order chi connectivity index (χ0) is 15.2. The van der Waals surface area contributed by atoms with Crippen LogP contribution in [0.3, 0.4) is 0 Å². The van der Waals surface area contributed by atoms with Gasteiger partial charge in [0.05, 0.1) is 6.61 Å². The van der Waals surface area contributed by atoms with Crippen molar-refractivity contribution in [2.45, 2.75) is 19.4 Å². The number of benzene rings is 1. The molecule has 0 aromatic heterocycles. The Morgan fingerprint density at radius 2 is 2.14 bits per heavy atom. The lowest BCUT2D eigenvalue weighted by Gasteiger charge is -2.12. The number of nitrogens with zero attached hydrogens (tertiary/aromatic N) is 1. The molecule has 6 heteroatoms. The van der Waals surface area contributed by atoms with E-state index in [-0.39, 0.29) is 0 Å². The number of guanidine groups is 1. The predicted octanol–water partition coefficient (Wildman–Crippen LogP) is 1.51. The van der Waals surface area contributed by atoms with Crippen LogP contribution in [0.4, 0.5) is 0 Å². The fourth-order valence-corrected chi connectivity index (χ4v) is 2.23. The van der Waals surface area contributed by atoms with Gasteiger partial charge in [0.2, 0.25) is 6.79 Å². The van der Waals surface area contributed by atoms with Crippen LogP contribution in [0.25, 0.3) is 0 Å². The summed E-state index contributed by atoms with van der Waals surface area (Å²) < 4.78 is 16.3. The Balaban J connectivity index is 1.37. The van der Waals surface area contributed by atoms with Crippen molar-refractivity contribution in [2.24, 2.45) is 10.9 Å². The lowest BCUT2D eigenvalue weighted by molar-refractivity contribution is 0.129. The minimum absolute atomic E-state index is 0.302. The van der Waals surface area contributed by atoms with Gasteiger partial charge in [-0.3, -0.25) is 4.99 Å². The molecule has 0 atom stereocenters. The minimum atomic E-state index is 0.302. The van der Waals surface area contributed by atoms with E-state index < -0.39 is 0 Å². The van der Waals surface area contributed by atoms with Gasteiger partial charge in [0.25, 0.3) is 0 Å². The molecule has 0 bridgehead atoms. The Bertz CT molecular complexity index is 529. The zero-order valence-electron chi connectivity index (χ0n) is 12.9. The van der Waals surface area contributed by atoms with E-state index in [9.17, 15) is 0 Å². The maximum atomic E-state index is 5.59. The van der Waals surface area contributed by atoms with Gasteiger partial charge in [-0.1, -0.05) is 6.07 Å². The van der Waals surface area contributed by atoms with Crippen LogP contribution < -0.4 is 20.1 Å². The third-order valence-corrected chi connectivity index (χ3v) is 3.71. The molecule has 1 aromatic carbocycles. The third-order valence-electron chi connectivity index (χ3n) is 3.71. The topological polar surface area (TPSA) is 64.1 Å². The SMILES string of the molecule is CN=C(NCCOCC1CC1)NCc1ccc2c(c1)OCO2. The van der Waals surface area contributed by atoms with E-state index in [1.807, 2.05) is 18.2 Å². The first-order chi connectivity index (χ1) is 10.8. The second-order valence-electron chi connectivity index (χ2n) is 5.56. The van der Waals surface area contributed by atoms with Crippen LogP contribution in [0, 0.1) is 5.92 Å². The first kappa shape index (κ1) is 15.0. The molecule has 1 aliphatic heterocycles. The number of fused-ring (bicyclic) bond motifs is 1. The maximum Gasteiger partial charge on any atom is 0.231 e. The molecule has 0 unspecified atom stereocenters. The van der Waals surface area contributed by atoms with Crippen LogP contribution in [-0.2, 0) is 11.3 Å². The lowest BCUT2D eigenvalue weighted by atomic mass is 10.2. The van der Waals surface area contributed by atoms with Crippen LogP contribution in [0.15, 0.2) is 23.2 Å². The Kier molecular flexibility index (Phi) is 5.00. The summed E-state index contributed by atoms with van der Waals surface area (Å²) >= 11 is 0. The summed E-state index contributed by atoms with van der Waals surface area (Å²) in [6.07, 6.45) is 2.65. The van der Waals surface area contributed by atoms with Crippen LogP contribution >= 0.6 is 0 Å². The summed E-state index contributed by atoms with van der Waals surface area (Å²) in [6, 6.07) is 5.94. The summed E-state index contributed by atoms with van der Waals surface area (Å²) in [5.41, 5.74) is 1.12. The summed E-state index contributed by atoms with van der Waals surface area (Å²) in [5.74, 6) is 3.19. The Morgan fingerprint density at radius 1 is 1.27 bits per heavy atom. The van der Waals surface area contributed by atoms with Crippen LogP contribution in [-0.4, -0.2) is 39.6 Å². The average Bonchev–Trinajstić information content (AvgIpc) is 3.25. The van der Waals surface area contributed by atoms with Gasteiger partial charge in [-0.15, -0.1) is 0 Å². The lowest BCUT2D eigenvalue weighted by Crippen LogP contribution is -2.38. The highest BCUT2D eigenvalue weighted by atomic mass is 16.7. The van der Waals surface area contributed by atoms with Crippen molar-refractivity contribution in [1.82, 2.24) is 10.6 Å². The average molecular weight is 305 g/mol. The van der Waals surface area contributed by atoms with Crippen LogP contribution in [0.2, 0.25) is 0 Å². The molecule has 22 heavy (non-hydrogen) atoms. The molecular formula is C16H23N3O3. The summed E-state index contributed by atoms with van der Waals surface area (Å²) in [6.45, 7) is 3.34. The second kappa shape index (κ2) is 7.35. The number of hydrogen-bond acceptors (Lipinski definition) is 4. The van der Waals surface area contributed by atoms with Gasteiger partial charge in [-0.25, -0.2) is 0 Å². The van der Waals surface area contributed by atoms with Crippen molar-refractivity contribution < 1.29 is 14.2 Å². The molecule has 2 aliphatic rings. The molecule has 1 aliphatic carbocycles. The molecule has 1 heterocycles. The summed E-state index contributed by atoms with van der Waals surface area (Å²) in [7, 11) is 1.76. The van der Waals surface area contributed by atoms with Gasteiger partial charge >= 0.3 is 0 Å². The first-order valence-electron chi connectivity index (χ1n) is 7.76. The highest BCUT2D eigenvalue weighted by Crippen LogP contribution is 2.32. The highest BCUT2D eigenvalue weighted by Gasteiger charge is 2.20. The molecule has 1 saturated carbocycles. The normalized spacial score (nSPS) is 16.7. The molecule has 0 radical (unpaired) electrons. The van der Waals surface area contributed by atoms with Gasteiger partial charge in [-0.2, -0.15) is 0 Å². The van der Waals surface area contributed by atoms with Crippen molar-refractivity contribution in [3.8, 4) is 11.5 Å². The van der Waals surface area contributed by atoms with E-state index in [2.05, 4.69) is 15.6 Å². The quantitative estimate of drug-likeness (QED) is 0.454. The Labute approximate surface area is 130 Å². The largest absolute Gasteiger partial charge is 0.454 e. The fourth-order valence-electron chi connectivity index (χ4n) is 2.23. The number of rotatable bonds is 7. The number of hydrogen-bond donors (Lipinski definition) is 2. The zero-order valence-corrected chi connectivity index (χ0v) is 12.9. The maximum absolute atomic E-state index is 5.59. The van der Waals surface area contributed by atoms with Gasteiger partial charge in [-0.05, 0) is 36.5 Å². The number of nitrogens with one attached hydrogen (secondary N) is 2. The molecule has 0 saturated heterocycles. The molecule has 1 fully saturated rings. The van der Waals surface area contributed by atoms with Crippen molar-refractivity contribution in [3.63, 3.8) is 0 Å². The van der Waals surface area contributed by atoms with Crippen LogP contribution in [0.5, 0.6) is 11.5 Å². The minimum Gasteiger partial charge on any atom is -0.454 e. The summed E-state index contributed by atoms with van der Waals surface area (Å²) in [5, 5.41) is 6.52. The smallest absolute Gasteiger partial charge is 0.231 e. The van der Waals surface area contributed by atoms with Crippen molar-refractivity contribution >= 4 is 5.96 Å². The van der Waals surface area contributed by atoms with Crippen molar-refractivity contribution in [3.05, 3.63) is 23.8 Å². The van der Waals surface area contributed by atoms with E-state index in [1.165, 1.54) is 12.8 Å². The van der Waals surface area contributed by atoms with E-state index >= 15 is 0 Å². The molecule has 3 rings (SSSR count). The van der Waals surface area contributed by atoms with Crippen molar-refractivity contribution in [1.29, 1.82) is 0 Å². The second-order valence-corrected chi connectivity index (χ2v) is 5.56. The molecule has 0 amide bonds. The van der Waals surface area contributed by atoms with E-state index in [0.29, 0.717) is 19.9 Å². The van der Waals surface area contributed by atoms with E-state index in [0.717, 1.165) is 42.1 Å². The Hall–Kier alpha value is -1.95. The number of ether oxygens (including phenoxy) is 3. The highest BCUT2D eigenvalue weighted by molar-refractivity contribution is 5.79. The van der Waals surface area contributed by atoms with Crippen molar-refractivity contribution in [2.75, 3.05) is 33.6 Å². The molecular weight excluding hydrogens is 282 g/mol. The first-order valence-corrected chi connectivity index (χ1v) is 7.76. The third kappa shape index (κ3) is 4.27. The Morgan fingerprint density at radius 3 is 2.95 bits per heavy atom. The fraction of sp³-hybridized carbons (Fsp3) is 0.562. The predicted molar refractivity (Wildman–Crippen MR) is 84.3 cm³/mol. The van der Waals surface area contributed by atoms with Gasteiger partial charge in [0.1, 0.15) is 0 Å².